The zero-order valence-electron chi connectivity index (χ0n) is 13.8. The second-order valence-corrected chi connectivity index (χ2v) is 8.46. The average molecular weight is 444 g/mol. The minimum atomic E-state index is -1.16. The van der Waals surface area contributed by atoms with E-state index in [1.807, 2.05) is 0 Å². The summed E-state index contributed by atoms with van der Waals surface area (Å²) in [7, 11) is 1.29. The Bertz CT molecular complexity index is 851. The minimum absolute atomic E-state index is 0.0198. The fraction of sp³-hybridized carbons (Fsp3) is 0.357. The number of thioether (sulfide) groups is 1. The van der Waals surface area contributed by atoms with Gasteiger partial charge in [0.2, 0.25) is 0 Å². The van der Waals surface area contributed by atoms with E-state index in [2.05, 4.69) is 15.5 Å². The van der Waals surface area contributed by atoms with Crippen molar-refractivity contribution in [2.24, 2.45) is 5.16 Å². The molecule has 0 aliphatic carbocycles. The van der Waals surface area contributed by atoms with Gasteiger partial charge in [-0.1, -0.05) is 0 Å². The number of fused-ring (bicyclic) bond motifs is 1. The topological polar surface area (TPSA) is 147 Å². The second kappa shape index (κ2) is 7.14. The summed E-state index contributed by atoms with van der Waals surface area (Å²) in [6.07, 6.45) is 0. The molecule has 26 heavy (non-hydrogen) atoms. The summed E-state index contributed by atoms with van der Waals surface area (Å²) in [6, 6.07) is -0.842. The molecule has 0 unspecified atom stereocenters. The molecule has 10 nitrogen and oxygen atoms in total. The van der Waals surface area contributed by atoms with Crippen LogP contribution in [0.5, 0.6) is 0 Å². The number of aromatic nitrogens is 1. The molecule has 1 saturated heterocycles. The molecule has 0 saturated carbocycles. The van der Waals surface area contributed by atoms with Crippen LogP contribution >= 0.6 is 11.8 Å². The molecule has 2 aliphatic rings. The van der Waals surface area contributed by atoms with E-state index in [0.717, 1.165) is 0 Å². The number of hydrogen-bond donors (Lipinski definition) is 3. The molecule has 3 rings (SSSR count). The van der Waals surface area contributed by atoms with Crippen molar-refractivity contribution in [2.75, 3.05) is 18.6 Å². The zero-order chi connectivity index (χ0) is 19.0. The van der Waals surface area contributed by atoms with Crippen molar-refractivity contribution in [3.05, 3.63) is 21.9 Å². The van der Waals surface area contributed by atoms with Gasteiger partial charge in [0.15, 0.2) is 0 Å². The van der Waals surface area contributed by atoms with E-state index < -0.39 is 29.2 Å². The number of oxime groups is 1. The van der Waals surface area contributed by atoms with Gasteiger partial charge < -0.3 is 0 Å². The molecule has 1 aromatic rings. The summed E-state index contributed by atoms with van der Waals surface area (Å²) in [5, 5.41) is 15.1. The van der Waals surface area contributed by atoms with E-state index in [4.69, 9.17) is 10.6 Å². The molecule has 0 spiro atoms. The molecule has 0 radical (unpaired) electrons. The van der Waals surface area contributed by atoms with Crippen LogP contribution in [0.15, 0.2) is 21.4 Å². The molecular weight excluding hydrogens is 429 g/mol. The molecule has 2 atom stereocenters. The molecule has 2 aliphatic heterocycles. The maximum atomic E-state index is 12.6. The van der Waals surface area contributed by atoms with Crippen molar-refractivity contribution < 1.29 is 24.3 Å². The number of carbonyl (C=O) groups excluding carboxylic acids is 2. The van der Waals surface area contributed by atoms with Crippen molar-refractivity contribution in [3.63, 3.8) is 0 Å². The van der Waals surface area contributed by atoms with Gasteiger partial charge in [-0.05, 0) is 0 Å². The van der Waals surface area contributed by atoms with Crippen LogP contribution in [-0.2, 0) is 19.2 Å². The number of nitrogens with one attached hydrogen (secondary N) is 1. The van der Waals surface area contributed by atoms with Gasteiger partial charge in [-0.15, -0.1) is 0 Å². The number of carboxylic acid groups (broad SMARTS) is 1. The normalized spacial score (nSPS) is 22.6. The number of nitrogens with two attached hydrogens (primary N) is 1. The molecule has 1 fully saturated rings. The van der Waals surface area contributed by atoms with Crippen LogP contribution in [0.3, 0.4) is 0 Å². The Morgan fingerprint density at radius 2 is 2.31 bits per heavy atom. The first kappa shape index (κ1) is 18.5. The summed E-state index contributed by atoms with van der Waals surface area (Å²) >= 11 is 1.23. The van der Waals surface area contributed by atoms with E-state index in [1.165, 1.54) is 23.8 Å². The Morgan fingerprint density at radius 3 is 2.88 bits per heavy atom. The first-order valence-electron chi connectivity index (χ1n) is 7.36. The van der Waals surface area contributed by atoms with Crippen molar-refractivity contribution in [1.82, 2.24) is 15.2 Å². The van der Waals surface area contributed by atoms with E-state index in [-0.39, 0.29) is 25.9 Å². The van der Waals surface area contributed by atoms with Gasteiger partial charge >= 0.3 is 158 Å². The first-order chi connectivity index (χ1) is 12.3. The maximum absolute atomic E-state index is 12.6. The third-order valence-electron chi connectivity index (χ3n) is 3.81. The fourth-order valence-electron chi connectivity index (χ4n) is 2.68. The summed E-state index contributed by atoms with van der Waals surface area (Å²) < 4.78 is 0.407. The van der Waals surface area contributed by atoms with Gasteiger partial charge in [0, 0.05) is 0 Å². The van der Waals surface area contributed by atoms with Crippen molar-refractivity contribution in [3.8, 4) is 0 Å². The number of amides is 2. The first-order valence-corrected chi connectivity index (χ1v) is 10.3. The zero-order valence-corrected chi connectivity index (χ0v) is 16.3. The van der Waals surface area contributed by atoms with Crippen molar-refractivity contribution >= 4 is 54.5 Å². The summed E-state index contributed by atoms with van der Waals surface area (Å²) in [4.78, 5) is 48.0. The van der Waals surface area contributed by atoms with Crippen molar-refractivity contribution in [2.45, 2.75) is 18.3 Å². The van der Waals surface area contributed by atoms with Crippen molar-refractivity contribution in [1.29, 1.82) is 0 Å². The molecular formula is C14H15N5O5SSe. The Kier molecular flexibility index (Phi) is 5.08. The molecule has 4 N–H and O–H groups in total. The Labute approximate surface area is 158 Å². The number of carboxylic acids is 1. The number of rotatable bonds is 5. The number of aliphatic carboxylic acids is 1. The van der Waals surface area contributed by atoms with Gasteiger partial charge in [0.25, 0.3) is 0 Å². The molecule has 3 heterocycles. The third kappa shape index (κ3) is 3.11. The standard InChI is InChI=1S/C14H15N5O5SSe/c1-5-3-25-12-8(11(21)19(12)9(5)13(22)23)17-10(20)7(18-24-2)6-4-26-14(15)16-6/h4,8,12H,3H2,1-2H3,(H2,15,16)(H,17,20)(H,22,23)/b18-7-/t8-,12-/m1/s1. The third-order valence-corrected chi connectivity index (χ3v) is 6.65. The SMILES string of the molecule is CO/N=C(\C(=O)N[C@@H]1C(=O)N2C(C(=O)O)=C(C)CS[C@H]12)c1c[se]c(N)n1. The van der Waals surface area contributed by atoms with Crippen LogP contribution in [0, 0.1) is 0 Å². The van der Waals surface area contributed by atoms with E-state index >= 15 is 0 Å². The van der Waals surface area contributed by atoms with Crippen LogP contribution in [0.4, 0.5) is 4.69 Å². The second-order valence-electron chi connectivity index (χ2n) is 5.49. The van der Waals surface area contributed by atoms with E-state index in [1.54, 1.807) is 11.9 Å². The average Bonchev–Trinajstić information content (AvgIpc) is 3.02. The number of nitrogen functional groups attached to an aromatic ring is 1. The van der Waals surface area contributed by atoms with E-state index in [9.17, 15) is 19.5 Å². The summed E-state index contributed by atoms with van der Waals surface area (Å²) in [6.45, 7) is 1.67. The predicted molar refractivity (Wildman–Crippen MR) is 94.5 cm³/mol. The quantitative estimate of drug-likeness (QED) is 0.223. The Morgan fingerprint density at radius 1 is 1.58 bits per heavy atom. The molecule has 138 valence electrons. The predicted octanol–water partition coefficient (Wildman–Crippen LogP) is -1.17. The number of anilines is 1. The Balaban J connectivity index is 1.78. The van der Waals surface area contributed by atoms with Crippen LogP contribution in [0.25, 0.3) is 0 Å². The molecule has 0 aromatic carbocycles. The van der Waals surface area contributed by atoms with Gasteiger partial charge in [-0.2, -0.15) is 0 Å². The van der Waals surface area contributed by atoms with Gasteiger partial charge in [0.1, 0.15) is 0 Å². The van der Waals surface area contributed by atoms with Crippen LogP contribution in [0.2, 0.25) is 0 Å². The van der Waals surface area contributed by atoms with Gasteiger partial charge in [-0.3, -0.25) is 0 Å². The number of carbonyl (C=O) groups is 3. The number of β-lactam (4-membered cyclic amide) rings is 1. The fourth-order valence-corrected chi connectivity index (χ4v) is 5.12. The molecule has 1 aromatic heterocycles. The van der Waals surface area contributed by atoms with E-state index in [0.29, 0.717) is 21.7 Å². The number of hydrogen-bond acceptors (Lipinski definition) is 8. The monoisotopic (exact) mass is 445 g/mol. The number of nitrogens with zero attached hydrogens (tertiary/aromatic N) is 3. The van der Waals surface area contributed by atoms with Crippen LogP contribution in [0.1, 0.15) is 12.6 Å². The molecule has 2 amide bonds. The Hall–Kier alpha value is -2.30. The van der Waals surface area contributed by atoms with Crippen LogP contribution < -0.4 is 11.1 Å². The molecule has 12 heteroatoms. The summed E-state index contributed by atoms with van der Waals surface area (Å²) in [5.41, 5.74) is 6.45. The van der Waals surface area contributed by atoms with Crippen LogP contribution in [-0.4, -0.2) is 77.3 Å². The molecule has 0 bridgehead atoms. The summed E-state index contributed by atoms with van der Waals surface area (Å²) in [5.74, 6) is -1.79. The van der Waals surface area contributed by atoms with Gasteiger partial charge in [0.05, 0.1) is 0 Å². The van der Waals surface area contributed by atoms with Gasteiger partial charge in [-0.25, -0.2) is 0 Å².